The van der Waals surface area contributed by atoms with Crippen LogP contribution in [-0.2, 0) is 4.79 Å². The van der Waals surface area contributed by atoms with Crippen LogP contribution in [0, 0.1) is 17.0 Å². The standard InChI is InChI=1S/C17H24N4O4/c1-12-10-13(21(24)25)5-6-15(12)17(23)20-9-3-2-4-14(20)11-19-16(22)7-8-18/h5-6,10,14H,2-4,7-9,11,18H2,1H3,(H,19,22). The van der Waals surface area contributed by atoms with Crippen LogP contribution in [0.3, 0.4) is 0 Å². The number of piperidine rings is 1. The Balaban J connectivity index is 2.12. The van der Waals surface area contributed by atoms with Crippen molar-refractivity contribution in [2.45, 2.75) is 38.6 Å². The Kier molecular flexibility index (Phi) is 6.46. The van der Waals surface area contributed by atoms with Crippen LogP contribution in [0.4, 0.5) is 5.69 Å². The Bertz CT molecular complexity index is 662. The molecule has 1 aromatic rings. The summed E-state index contributed by atoms with van der Waals surface area (Å²) < 4.78 is 0. The Morgan fingerprint density at radius 1 is 1.40 bits per heavy atom. The highest BCUT2D eigenvalue weighted by molar-refractivity contribution is 5.96. The van der Waals surface area contributed by atoms with E-state index >= 15 is 0 Å². The smallest absolute Gasteiger partial charge is 0.269 e. The summed E-state index contributed by atoms with van der Waals surface area (Å²) in [7, 11) is 0. The summed E-state index contributed by atoms with van der Waals surface area (Å²) >= 11 is 0. The van der Waals surface area contributed by atoms with Gasteiger partial charge in [0, 0.05) is 49.8 Å². The molecule has 1 aliphatic heterocycles. The number of non-ortho nitro benzene ring substituents is 1. The quantitative estimate of drug-likeness (QED) is 0.594. The third kappa shape index (κ3) is 4.76. The molecule has 1 unspecified atom stereocenters. The van der Waals surface area contributed by atoms with E-state index in [-0.39, 0.29) is 30.0 Å². The number of amides is 2. The van der Waals surface area contributed by atoms with E-state index in [0.717, 1.165) is 19.3 Å². The molecule has 0 aromatic heterocycles. The number of hydrogen-bond acceptors (Lipinski definition) is 5. The van der Waals surface area contributed by atoms with Gasteiger partial charge in [0.2, 0.25) is 5.91 Å². The second kappa shape index (κ2) is 8.57. The highest BCUT2D eigenvalue weighted by Gasteiger charge is 2.28. The maximum Gasteiger partial charge on any atom is 0.269 e. The van der Waals surface area contributed by atoms with Crippen molar-refractivity contribution in [3.63, 3.8) is 0 Å². The molecule has 1 aliphatic rings. The molecule has 0 bridgehead atoms. The van der Waals surface area contributed by atoms with Gasteiger partial charge in [-0.15, -0.1) is 0 Å². The van der Waals surface area contributed by atoms with Gasteiger partial charge in [-0.05, 0) is 37.8 Å². The average Bonchev–Trinajstić information content (AvgIpc) is 2.59. The molecule has 1 saturated heterocycles. The molecule has 3 N–H and O–H groups in total. The first-order chi connectivity index (χ1) is 11.9. The van der Waals surface area contributed by atoms with Gasteiger partial charge in [-0.25, -0.2) is 0 Å². The minimum Gasteiger partial charge on any atom is -0.354 e. The van der Waals surface area contributed by atoms with Crippen LogP contribution in [0.2, 0.25) is 0 Å². The summed E-state index contributed by atoms with van der Waals surface area (Å²) in [6.45, 7) is 3.01. The molecule has 2 rings (SSSR count). The lowest BCUT2D eigenvalue weighted by Gasteiger charge is -2.36. The minimum atomic E-state index is -0.474. The van der Waals surface area contributed by atoms with Gasteiger partial charge in [0.15, 0.2) is 0 Å². The van der Waals surface area contributed by atoms with Crippen LogP contribution in [0.1, 0.15) is 41.6 Å². The number of nitro benzene ring substituents is 1. The topological polar surface area (TPSA) is 119 Å². The van der Waals surface area contributed by atoms with Crippen LogP contribution in [0.15, 0.2) is 18.2 Å². The normalized spacial score (nSPS) is 17.2. The predicted octanol–water partition coefficient (Wildman–Crippen LogP) is 1.36. The van der Waals surface area contributed by atoms with Crippen molar-refractivity contribution in [1.82, 2.24) is 10.2 Å². The molecule has 8 nitrogen and oxygen atoms in total. The van der Waals surface area contributed by atoms with E-state index in [4.69, 9.17) is 5.73 Å². The van der Waals surface area contributed by atoms with Gasteiger partial charge in [-0.2, -0.15) is 0 Å². The molecule has 1 fully saturated rings. The number of likely N-dealkylation sites (tertiary alicyclic amines) is 1. The van der Waals surface area contributed by atoms with Gasteiger partial charge >= 0.3 is 0 Å². The van der Waals surface area contributed by atoms with Gasteiger partial charge in [0.25, 0.3) is 11.6 Å². The van der Waals surface area contributed by atoms with Crippen molar-refractivity contribution < 1.29 is 14.5 Å². The zero-order valence-electron chi connectivity index (χ0n) is 14.4. The van der Waals surface area contributed by atoms with Crippen molar-refractivity contribution >= 4 is 17.5 Å². The predicted molar refractivity (Wildman–Crippen MR) is 93.2 cm³/mol. The summed E-state index contributed by atoms with van der Waals surface area (Å²) in [4.78, 5) is 36.7. The number of hydrogen-bond donors (Lipinski definition) is 2. The van der Waals surface area contributed by atoms with Crippen LogP contribution in [0.25, 0.3) is 0 Å². The molecular weight excluding hydrogens is 324 g/mol. The van der Waals surface area contributed by atoms with Crippen molar-refractivity contribution in [3.8, 4) is 0 Å². The van der Waals surface area contributed by atoms with Gasteiger partial charge in [0.1, 0.15) is 0 Å². The molecule has 1 heterocycles. The fraction of sp³-hybridized carbons (Fsp3) is 0.529. The molecule has 0 radical (unpaired) electrons. The van der Waals surface area contributed by atoms with Crippen LogP contribution < -0.4 is 11.1 Å². The fourth-order valence-corrected chi connectivity index (χ4v) is 3.09. The van der Waals surface area contributed by atoms with Crippen LogP contribution >= 0.6 is 0 Å². The number of benzene rings is 1. The minimum absolute atomic E-state index is 0.0294. The maximum absolute atomic E-state index is 12.9. The number of nitrogens with zero attached hydrogens (tertiary/aromatic N) is 2. The lowest BCUT2D eigenvalue weighted by Crippen LogP contribution is -2.49. The van der Waals surface area contributed by atoms with E-state index in [9.17, 15) is 19.7 Å². The maximum atomic E-state index is 12.9. The summed E-state index contributed by atoms with van der Waals surface area (Å²) in [6.07, 6.45) is 2.99. The number of aryl methyl sites for hydroxylation is 1. The molecule has 0 saturated carbocycles. The summed E-state index contributed by atoms with van der Waals surface area (Å²) in [5, 5.41) is 13.7. The summed E-state index contributed by atoms with van der Waals surface area (Å²) in [5.74, 6) is -0.267. The highest BCUT2D eigenvalue weighted by atomic mass is 16.6. The van der Waals surface area contributed by atoms with Crippen LogP contribution in [-0.4, -0.2) is 47.3 Å². The molecule has 8 heteroatoms. The Labute approximate surface area is 146 Å². The molecule has 136 valence electrons. The van der Waals surface area contributed by atoms with Crippen molar-refractivity contribution in [3.05, 3.63) is 39.4 Å². The third-order valence-electron chi connectivity index (χ3n) is 4.45. The summed E-state index contributed by atoms with van der Waals surface area (Å²) in [6, 6.07) is 4.20. The largest absolute Gasteiger partial charge is 0.354 e. The van der Waals surface area contributed by atoms with E-state index < -0.39 is 4.92 Å². The third-order valence-corrected chi connectivity index (χ3v) is 4.45. The average molecular weight is 348 g/mol. The number of nitro groups is 1. The first-order valence-electron chi connectivity index (χ1n) is 8.46. The van der Waals surface area contributed by atoms with E-state index in [2.05, 4.69) is 5.32 Å². The number of carbonyl (C=O) groups is 2. The Morgan fingerprint density at radius 3 is 2.80 bits per heavy atom. The zero-order chi connectivity index (χ0) is 18.4. The number of carbonyl (C=O) groups excluding carboxylic acids is 2. The molecule has 25 heavy (non-hydrogen) atoms. The zero-order valence-corrected chi connectivity index (χ0v) is 14.4. The monoisotopic (exact) mass is 348 g/mol. The molecule has 2 amide bonds. The lowest BCUT2D eigenvalue weighted by molar-refractivity contribution is -0.384. The van der Waals surface area contributed by atoms with Crippen molar-refractivity contribution in [2.24, 2.45) is 5.73 Å². The van der Waals surface area contributed by atoms with Crippen LogP contribution in [0.5, 0.6) is 0 Å². The van der Waals surface area contributed by atoms with E-state index in [1.807, 2.05) is 0 Å². The second-order valence-corrected chi connectivity index (χ2v) is 6.25. The van der Waals surface area contributed by atoms with E-state index in [1.54, 1.807) is 11.8 Å². The van der Waals surface area contributed by atoms with Gasteiger partial charge in [-0.1, -0.05) is 0 Å². The molecule has 0 spiro atoms. The highest BCUT2D eigenvalue weighted by Crippen LogP contribution is 2.23. The SMILES string of the molecule is Cc1cc([N+](=O)[O-])ccc1C(=O)N1CCCCC1CNC(=O)CCN. The number of nitrogens with two attached hydrogens (primary N) is 1. The van der Waals surface area contributed by atoms with E-state index in [0.29, 0.717) is 30.8 Å². The molecular formula is C17H24N4O4. The number of rotatable bonds is 6. The van der Waals surface area contributed by atoms with Crippen molar-refractivity contribution in [1.29, 1.82) is 0 Å². The molecule has 0 aliphatic carbocycles. The van der Waals surface area contributed by atoms with Gasteiger partial charge in [0.05, 0.1) is 4.92 Å². The molecule has 1 aromatic carbocycles. The molecule has 1 atom stereocenters. The lowest BCUT2D eigenvalue weighted by atomic mass is 9.99. The number of nitrogens with one attached hydrogen (secondary N) is 1. The Morgan fingerprint density at radius 2 is 2.16 bits per heavy atom. The van der Waals surface area contributed by atoms with Gasteiger partial charge in [-0.3, -0.25) is 19.7 Å². The summed E-state index contributed by atoms with van der Waals surface area (Å²) in [5.41, 5.74) is 6.38. The first kappa shape index (κ1) is 18.9. The van der Waals surface area contributed by atoms with Gasteiger partial charge < -0.3 is 16.0 Å². The Hall–Kier alpha value is -2.48. The van der Waals surface area contributed by atoms with Crippen molar-refractivity contribution in [2.75, 3.05) is 19.6 Å². The first-order valence-corrected chi connectivity index (χ1v) is 8.46. The van der Waals surface area contributed by atoms with E-state index in [1.165, 1.54) is 18.2 Å². The second-order valence-electron chi connectivity index (χ2n) is 6.25. The fourth-order valence-electron chi connectivity index (χ4n) is 3.09.